The third-order valence-corrected chi connectivity index (χ3v) is 5.91. The SMILES string of the molecule is C#CCCCCNSc1ccc(O[C@H]2OC(CCP(O)O)[C@@H](O)C(O)C2O)cc1. The molecule has 0 amide bonds. The van der Waals surface area contributed by atoms with Gasteiger partial charge in [-0.1, -0.05) is 0 Å². The van der Waals surface area contributed by atoms with E-state index in [1.54, 1.807) is 12.1 Å². The maximum Gasteiger partial charge on any atom is 0.229 e. The third-order valence-electron chi connectivity index (χ3n) is 4.40. The zero-order valence-corrected chi connectivity index (χ0v) is 17.6. The molecule has 0 radical (unpaired) electrons. The van der Waals surface area contributed by atoms with E-state index in [0.29, 0.717) is 5.75 Å². The van der Waals surface area contributed by atoms with Gasteiger partial charge in [-0.25, -0.2) is 0 Å². The number of benzene rings is 1. The van der Waals surface area contributed by atoms with E-state index in [9.17, 15) is 15.3 Å². The minimum atomic E-state index is -2.14. The molecule has 1 heterocycles. The molecule has 2 rings (SSSR count). The molecule has 6 N–H and O–H groups in total. The van der Waals surface area contributed by atoms with Crippen LogP contribution < -0.4 is 9.46 Å². The Labute approximate surface area is 176 Å². The van der Waals surface area contributed by atoms with E-state index >= 15 is 0 Å². The molecule has 29 heavy (non-hydrogen) atoms. The summed E-state index contributed by atoms with van der Waals surface area (Å²) >= 11 is 1.49. The van der Waals surface area contributed by atoms with E-state index in [0.717, 1.165) is 30.7 Å². The Morgan fingerprint density at radius 1 is 1.10 bits per heavy atom. The molecule has 0 aliphatic carbocycles. The number of aliphatic hydroxyl groups is 3. The summed E-state index contributed by atoms with van der Waals surface area (Å²) in [4.78, 5) is 19.1. The molecule has 1 aromatic carbocycles. The van der Waals surface area contributed by atoms with Gasteiger partial charge in [0, 0.05) is 24.0 Å². The van der Waals surface area contributed by atoms with Crippen molar-refractivity contribution in [2.24, 2.45) is 0 Å². The van der Waals surface area contributed by atoms with Crippen molar-refractivity contribution in [3.8, 4) is 18.1 Å². The van der Waals surface area contributed by atoms with E-state index in [2.05, 4.69) is 10.6 Å². The van der Waals surface area contributed by atoms with Crippen molar-refractivity contribution in [2.75, 3.05) is 12.7 Å². The molecule has 1 saturated heterocycles. The summed E-state index contributed by atoms with van der Waals surface area (Å²) in [6.45, 7) is 0.845. The quantitative estimate of drug-likeness (QED) is 0.128. The van der Waals surface area contributed by atoms with Crippen molar-refractivity contribution in [2.45, 2.75) is 61.3 Å². The first-order valence-electron chi connectivity index (χ1n) is 9.37. The van der Waals surface area contributed by atoms with Crippen LogP contribution in [0.5, 0.6) is 5.75 Å². The van der Waals surface area contributed by atoms with E-state index in [4.69, 9.17) is 25.7 Å². The van der Waals surface area contributed by atoms with Gasteiger partial charge in [0.05, 0.1) is 6.10 Å². The van der Waals surface area contributed by atoms with Gasteiger partial charge < -0.3 is 34.6 Å². The fraction of sp³-hybridized carbons (Fsp3) is 0.579. The predicted molar refractivity (Wildman–Crippen MR) is 111 cm³/mol. The van der Waals surface area contributed by atoms with E-state index in [-0.39, 0.29) is 12.6 Å². The summed E-state index contributed by atoms with van der Waals surface area (Å²) in [5.74, 6) is 3.04. The lowest BCUT2D eigenvalue weighted by Crippen LogP contribution is -2.59. The van der Waals surface area contributed by atoms with E-state index < -0.39 is 39.1 Å². The molecule has 0 spiro atoms. The molecule has 10 heteroatoms. The average Bonchev–Trinajstić information content (AvgIpc) is 2.71. The number of hydrogen-bond donors (Lipinski definition) is 6. The molecule has 8 nitrogen and oxygen atoms in total. The van der Waals surface area contributed by atoms with Crippen molar-refractivity contribution >= 4 is 20.3 Å². The van der Waals surface area contributed by atoms with Crippen LogP contribution in [-0.2, 0) is 4.74 Å². The molecular formula is C19H28NO7PS. The van der Waals surface area contributed by atoms with E-state index in [1.807, 2.05) is 12.1 Å². The second-order valence-electron chi connectivity index (χ2n) is 6.65. The van der Waals surface area contributed by atoms with Crippen LogP contribution in [0.2, 0.25) is 0 Å². The molecule has 0 aromatic heterocycles. The van der Waals surface area contributed by atoms with Crippen LogP contribution >= 0.6 is 20.3 Å². The summed E-state index contributed by atoms with van der Waals surface area (Å²) in [6, 6.07) is 7.12. The molecule has 1 aromatic rings. The van der Waals surface area contributed by atoms with Crippen molar-refractivity contribution in [3.63, 3.8) is 0 Å². The summed E-state index contributed by atoms with van der Waals surface area (Å²) in [5.41, 5.74) is 0. The maximum atomic E-state index is 10.1. The van der Waals surface area contributed by atoms with Crippen LogP contribution in [0.25, 0.3) is 0 Å². The number of unbranched alkanes of at least 4 members (excludes halogenated alkanes) is 2. The van der Waals surface area contributed by atoms with Crippen LogP contribution in [0, 0.1) is 12.3 Å². The second kappa shape index (κ2) is 12.7. The number of nitrogens with one attached hydrogen (secondary N) is 1. The third kappa shape index (κ3) is 8.02. The zero-order valence-electron chi connectivity index (χ0n) is 15.9. The highest BCUT2D eigenvalue weighted by Gasteiger charge is 2.44. The Hall–Kier alpha value is -0.920. The summed E-state index contributed by atoms with van der Waals surface area (Å²) in [5, 5.41) is 30.2. The summed E-state index contributed by atoms with van der Waals surface area (Å²) in [7, 11) is -2.14. The Kier molecular flexibility index (Phi) is 10.7. The van der Waals surface area contributed by atoms with Crippen LogP contribution in [0.3, 0.4) is 0 Å². The van der Waals surface area contributed by atoms with Crippen LogP contribution in [0.15, 0.2) is 29.2 Å². The van der Waals surface area contributed by atoms with Gasteiger partial charge in [0.25, 0.3) is 0 Å². The van der Waals surface area contributed by atoms with Crippen LogP contribution in [-0.4, -0.2) is 68.5 Å². The number of aliphatic hydroxyl groups excluding tert-OH is 3. The molecule has 162 valence electrons. The van der Waals surface area contributed by atoms with Crippen molar-refractivity contribution in [1.29, 1.82) is 0 Å². The van der Waals surface area contributed by atoms with Crippen molar-refractivity contribution in [1.82, 2.24) is 4.72 Å². The minimum Gasteiger partial charge on any atom is -0.462 e. The Morgan fingerprint density at radius 2 is 1.83 bits per heavy atom. The molecule has 1 fully saturated rings. The van der Waals surface area contributed by atoms with Crippen molar-refractivity contribution in [3.05, 3.63) is 24.3 Å². The summed E-state index contributed by atoms with van der Waals surface area (Å²) < 4.78 is 14.4. The standard InChI is InChI=1S/C19H28NO7PS/c1-2-3-4-5-11-20-29-14-8-6-13(7-9-14)26-19-18(23)17(22)16(21)15(27-19)10-12-28(24)25/h1,6-9,15-25H,3-5,10-12H2/t15?,16-,17?,18?,19+/m1/s1. The molecule has 1 aliphatic heterocycles. The number of rotatable bonds is 11. The zero-order chi connectivity index (χ0) is 21.2. The second-order valence-corrected chi connectivity index (χ2v) is 8.80. The molecule has 1 aliphatic rings. The topological polar surface area (TPSA) is 132 Å². The van der Waals surface area contributed by atoms with Gasteiger partial charge >= 0.3 is 0 Å². The molecule has 5 atom stereocenters. The smallest absolute Gasteiger partial charge is 0.229 e. The largest absolute Gasteiger partial charge is 0.462 e. The number of hydrogen-bond acceptors (Lipinski definition) is 9. The highest BCUT2D eigenvalue weighted by atomic mass is 32.2. The lowest BCUT2D eigenvalue weighted by Gasteiger charge is -2.40. The first-order valence-corrected chi connectivity index (χ1v) is 11.6. The molecule has 0 bridgehead atoms. The highest BCUT2D eigenvalue weighted by molar-refractivity contribution is 7.97. The molecule has 0 saturated carbocycles. The monoisotopic (exact) mass is 445 g/mol. The van der Waals surface area contributed by atoms with Gasteiger partial charge in [-0.15, -0.1) is 12.3 Å². The van der Waals surface area contributed by atoms with Gasteiger partial charge in [-0.05, 0) is 55.5 Å². The first kappa shape index (κ1) is 24.4. The normalized spacial score (nSPS) is 27.0. The van der Waals surface area contributed by atoms with Crippen LogP contribution in [0.4, 0.5) is 0 Å². The van der Waals surface area contributed by atoms with E-state index in [1.165, 1.54) is 11.9 Å². The number of ether oxygens (including phenoxy) is 2. The lowest BCUT2D eigenvalue weighted by molar-refractivity contribution is -0.272. The van der Waals surface area contributed by atoms with Crippen molar-refractivity contribution < 1.29 is 34.6 Å². The Bertz CT molecular complexity index is 642. The first-order chi connectivity index (χ1) is 13.9. The molecule has 3 unspecified atom stereocenters. The highest BCUT2D eigenvalue weighted by Crippen LogP contribution is 2.31. The maximum absolute atomic E-state index is 10.1. The number of terminal acetylenes is 1. The lowest BCUT2D eigenvalue weighted by atomic mass is 9.97. The van der Waals surface area contributed by atoms with Gasteiger partial charge in [-0.3, -0.25) is 4.72 Å². The average molecular weight is 445 g/mol. The summed E-state index contributed by atoms with van der Waals surface area (Å²) in [6.07, 6.45) is 1.81. The fourth-order valence-electron chi connectivity index (χ4n) is 2.77. The van der Waals surface area contributed by atoms with Gasteiger partial charge in [0.15, 0.2) is 8.38 Å². The Balaban J connectivity index is 1.85. The van der Waals surface area contributed by atoms with Gasteiger partial charge in [-0.2, -0.15) is 0 Å². The minimum absolute atomic E-state index is 0.0221. The van der Waals surface area contributed by atoms with Crippen LogP contribution in [0.1, 0.15) is 25.7 Å². The predicted octanol–water partition coefficient (Wildman–Crippen LogP) is 0.960. The fourth-order valence-corrected chi connectivity index (χ4v) is 3.94. The Morgan fingerprint density at radius 3 is 2.48 bits per heavy atom. The van der Waals surface area contributed by atoms with Gasteiger partial charge in [0.2, 0.25) is 6.29 Å². The van der Waals surface area contributed by atoms with Gasteiger partial charge in [0.1, 0.15) is 24.1 Å². The molecular weight excluding hydrogens is 417 g/mol.